The van der Waals surface area contributed by atoms with Crippen LogP contribution in [0.2, 0.25) is 0 Å². The van der Waals surface area contributed by atoms with E-state index in [9.17, 15) is 23.6 Å². The zero-order valence-corrected chi connectivity index (χ0v) is 22.4. The average molecular weight is 566 g/mol. The fraction of sp³-hybridized carbons (Fsp3) is 0.0625. The van der Waals surface area contributed by atoms with Gasteiger partial charge in [-0.3, -0.25) is 19.2 Å². The van der Waals surface area contributed by atoms with Crippen molar-refractivity contribution in [3.8, 4) is 0 Å². The van der Waals surface area contributed by atoms with Crippen LogP contribution in [0.5, 0.6) is 0 Å². The summed E-state index contributed by atoms with van der Waals surface area (Å²) in [5.74, 6) is -2.09. The number of carbonyl (C=O) groups excluding carboxylic acids is 4. The first kappa shape index (κ1) is 27.5. The monoisotopic (exact) mass is 565 g/mol. The molecule has 1 fully saturated rings. The van der Waals surface area contributed by atoms with Crippen LogP contribution in [0.25, 0.3) is 6.08 Å². The van der Waals surface area contributed by atoms with Gasteiger partial charge in [0.2, 0.25) is 11.8 Å². The van der Waals surface area contributed by atoms with E-state index in [-0.39, 0.29) is 23.9 Å². The third kappa shape index (κ3) is 6.77. The second-order valence-corrected chi connectivity index (χ2v) is 10.4. The highest BCUT2D eigenvalue weighted by atomic mass is 32.2. The number of hydrogen-bond donors (Lipinski definition) is 2. The molecule has 1 atom stereocenters. The van der Waals surface area contributed by atoms with Crippen LogP contribution in [0.3, 0.4) is 0 Å². The van der Waals surface area contributed by atoms with E-state index in [1.54, 1.807) is 60.7 Å². The molecule has 4 aromatic rings. The highest BCUT2D eigenvalue weighted by Gasteiger charge is 2.40. The lowest BCUT2D eigenvalue weighted by Gasteiger charge is -2.15. The Balaban J connectivity index is 1.26. The highest BCUT2D eigenvalue weighted by molar-refractivity contribution is 8.00. The Hall–Kier alpha value is -5.02. The van der Waals surface area contributed by atoms with Gasteiger partial charge in [0.15, 0.2) is 0 Å². The molecule has 4 amide bonds. The van der Waals surface area contributed by atoms with Crippen LogP contribution < -0.4 is 15.5 Å². The molecular weight excluding hydrogens is 541 g/mol. The minimum Gasteiger partial charge on any atom is -0.321 e. The maximum atomic E-state index is 13.3. The normalized spacial score (nSPS) is 15.1. The van der Waals surface area contributed by atoms with Crippen molar-refractivity contribution in [3.05, 3.63) is 132 Å². The van der Waals surface area contributed by atoms with E-state index in [2.05, 4.69) is 10.6 Å². The number of anilines is 2. The summed E-state index contributed by atoms with van der Waals surface area (Å²) in [4.78, 5) is 53.2. The number of amides is 4. The number of rotatable bonds is 8. The van der Waals surface area contributed by atoms with Gasteiger partial charge in [0.05, 0.1) is 10.9 Å². The Morgan fingerprint density at radius 1 is 0.829 bits per heavy atom. The van der Waals surface area contributed by atoms with Crippen LogP contribution in [0.1, 0.15) is 22.3 Å². The fourth-order valence-corrected chi connectivity index (χ4v) is 5.25. The predicted octanol–water partition coefficient (Wildman–Crippen LogP) is 5.66. The molecule has 2 N–H and O–H groups in total. The second kappa shape index (κ2) is 12.4. The lowest BCUT2D eigenvalue weighted by molar-refractivity contribution is -0.121. The smallest absolute Gasteiger partial charge is 0.272 e. The molecule has 5 rings (SSSR count). The molecule has 4 aromatic carbocycles. The van der Waals surface area contributed by atoms with Crippen molar-refractivity contribution in [1.29, 1.82) is 0 Å². The van der Waals surface area contributed by atoms with Crippen LogP contribution in [0.15, 0.2) is 120 Å². The number of imide groups is 1. The molecule has 1 aliphatic rings. The Bertz CT molecular complexity index is 1610. The van der Waals surface area contributed by atoms with Gasteiger partial charge in [-0.25, -0.2) is 9.29 Å². The molecule has 204 valence electrons. The zero-order chi connectivity index (χ0) is 28.8. The van der Waals surface area contributed by atoms with Gasteiger partial charge in [-0.2, -0.15) is 0 Å². The summed E-state index contributed by atoms with van der Waals surface area (Å²) in [6.45, 7) is 0. The van der Waals surface area contributed by atoms with Crippen molar-refractivity contribution in [1.82, 2.24) is 5.32 Å². The predicted molar refractivity (Wildman–Crippen MR) is 157 cm³/mol. The Kier molecular flexibility index (Phi) is 8.36. The van der Waals surface area contributed by atoms with E-state index in [1.807, 2.05) is 30.3 Å². The molecule has 0 radical (unpaired) electrons. The maximum absolute atomic E-state index is 13.3. The van der Waals surface area contributed by atoms with Crippen molar-refractivity contribution in [3.63, 3.8) is 0 Å². The lowest BCUT2D eigenvalue weighted by Crippen LogP contribution is -2.31. The first-order valence-corrected chi connectivity index (χ1v) is 13.6. The standard InChI is InChI=1S/C32H24FN3O4S/c33-23-11-15-25(16-12-23)36-29(37)20-28(32(36)40)41-26-17-13-24(14-18-26)34-31(39)27(19-21-7-3-1-4-8-21)35-30(38)22-9-5-2-6-10-22/h1-19,28H,20H2,(H,34,39)(H,35,38)/b27-19-. The van der Waals surface area contributed by atoms with Gasteiger partial charge in [0, 0.05) is 22.6 Å². The molecule has 0 aliphatic carbocycles. The van der Waals surface area contributed by atoms with Gasteiger partial charge in [0.25, 0.3) is 11.8 Å². The summed E-state index contributed by atoms with van der Waals surface area (Å²) in [6.07, 6.45) is 1.62. The van der Waals surface area contributed by atoms with Gasteiger partial charge in [0.1, 0.15) is 11.5 Å². The van der Waals surface area contributed by atoms with Crippen molar-refractivity contribution < 1.29 is 23.6 Å². The second-order valence-electron chi connectivity index (χ2n) is 9.12. The van der Waals surface area contributed by atoms with Crippen molar-refractivity contribution >= 4 is 52.8 Å². The lowest BCUT2D eigenvalue weighted by atomic mass is 10.1. The minimum atomic E-state index is -0.624. The van der Waals surface area contributed by atoms with Crippen LogP contribution >= 0.6 is 11.8 Å². The summed E-state index contributed by atoms with van der Waals surface area (Å²) in [5.41, 5.74) is 2.04. The maximum Gasteiger partial charge on any atom is 0.272 e. The number of nitrogens with zero attached hydrogens (tertiary/aromatic N) is 1. The summed E-state index contributed by atoms with van der Waals surface area (Å²) in [7, 11) is 0. The van der Waals surface area contributed by atoms with E-state index >= 15 is 0 Å². The Morgan fingerprint density at radius 2 is 1.46 bits per heavy atom. The molecule has 1 heterocycles. The molecule has 0 aromatic heterocycles. The zero-order valence-electron chi connectivity index (χ0n) is 21.6. The number of thioether (sulfide) groups is 1. The van der Waals surface area contributed by atoms with Crippen LogP contribution in [0.4, 0.5) is 15.8 Å². The number of halogens is 1. The van der Waals surface area contributed by atoms with Crippen LogP contribution in [-0.4, -0.2) is 28.9 Å². The summed E-state index contributed by atoms with van der Waals surface area (Å²) >= 11 is 1.24. The molecule has 9 heteroatoms. The number of benzene rings is 4. The van der Waals surface area contributed by atoms with E-state index in [0.29, 0.717) is 16.9 Å². The Morgan fingerprint density at radius 3 is 2.12 bits per heavy atom. The minimum absolute atomic E-state index is 0.0219. The fourth-order valence-electron chi connectivity index (χ4n) is 4.20. The van der Waals surface area contributed by atoms with Gasteiger partial charge in [-0.05, 0) is 72.3 Å². The average Bonchev–Trinajstić information content (AvgIpc) is 3.27. The topological polar surface area (TPSA) is 95.6 Å². The largest absolute Gasteiger partial charge is 0.321 e. The third-order valence-corrected chi connectivity index (χ3v) is 7.42. The molecule has 1 unspecified atom stereocenters. The molecule has 1 saturated heterocycles. The third-order valence-electron chi connectivity index (χ3n) is 6.22. The van der Waals surface area contributed by atoms with Crippen molar-refractivity contribution in [2.24, 2.45) is 0 Å². The molecule has 1 aliphatic heterocycles. The summed E-state index contributed by atoms with van der Waals surface area (Å²) in [5, 5.41) is 4.88. The van der Waals surface area contributed by atoms with E-state index < -0.39 is 22.9 Å². The Labute approximate surface area is 240 Å². The highest BCUT2D eigenvalue weighted by Crippen LogP contribution is 2.34. The number of hydrogen-bond acceptors (Lipinski definition) is 5. The van der Waals surface area contributed by atoms with Gasteiger partial charge >= 0.3 is 0 Å². The van der Waals surface area contributed by atoms with Gasteiger partial charge in [-0.1, -0.05) is 48.5 Å². The summed E-state index contributed by atoms with van der Waals surface area (Å²) < 4.78 is 13.3. The molecule has 0 saturated carbocycles. The molecule has 7 nitrogen and oxygen atoms in total. The molecule has 0 bridgehead atoms. The SMILES string of the molecule is O=C(Nc1ccc(SC2CC(=O)N(c3ccc(F)cc3)C2=O)cc1)/C(=C/c1ccccc1)NC(=O)c1ccccc1. The van der Waals surface area contributed by atoms with Crippen molar-refractivity contribution in [2.75, 3.05) is 10.2 Å². The van der Waals surface area contributed by atoms with Crippen LogP contribution in [-0.2, 0) is 14.4 Å². The number of nitrogens with one attached hydrogen (secondary N) is 2. The van der Waals surface area contributed by atoms with E-state index in [0.717, 1.165) is 15.4 Å². The van der Waals surface area contributed by atoms with Crippen molar-refractivity contribution in [2.45, 2.75) is 16.6 Å². The first-order chi connectivity index (χ1) is 19.9. The molecule has 0 spiro atoms. The van der Waals surface area contributed by atoms with Gasteiger partial charge < -0.3 is 10.6 Å². The van der Waals surface area contributed by atoms with E-state index in [4.69, 9.17) is 0 Å². The quantitative estimate of drug-likeness (QED) is 0.212. The summed E-state index contributed by atoms with van der Waals surface area (Å²) in [6, 6.07) is 29.8. The molecule has 41 heavy (non-hydrogen) atoms. The van der Waals surface area contributed by atoms with E-state index in [1.165, 1.54) is 36.0 Å². The number of carbonyl (C=O) groups is 4. The molecular formula is C32H24FN3O4S. The van der Waals surface area contributed by atoms with Crippen LogP contribution in [0, 0.1) is 5.82 Å². The first-order valence-electron chi connectivity index (χ1n) is 12.7. The van der Waals surface area contributed by atoms with Gasteiger partial charge in [-0.15, -0.1) is 11.8 Å².